The summed E-state index contributed by atoms with van der Waals surface area (Å²) in [4.78, 5) is 12.9. The van der Waals surface area contributed by atoms with Gasteiger partial charge in [-0.3, -0.25) is 9.10 Å². The van der Waals surface area contributed by atoms with Crippen LogP contribution < -0.4 is 14.4 Å². The molecule has 0 saturated heterocycles. The fourth-order valence-electron chi connectivity index (χ4n) is 3.82. The Labute approximate surface area is 188 Å². The van der Waals surface area contributed by atoms with E-state index in [9.17, 15) is 13.2 Å². The molecule has 0 aromatic heterocycles. The minimum atomic E-state index is -3.85. The molecule has 0 fully saturated rings. The highest BCUT2D eigenvalue weighted by atomic mass is 32.2. The maximum absolute atomic E-state index is 13.3. The summed E-state index contributed by atoms with van der Waals surface area (Å²) in [6.07, 6.45) is 0.837. The largest absolute Gasteiger partial charge is 0.492 e. The molecule has 0 saturated carbocycles. The number of carbonyl (C=O) groups is 1. The second-order valence-corrected chi connectivity index (χ2v) is 9.56. The molecule has 7 heteroatoms. The molecular weight excluding hydrogens is 424 g/mol. The summed E-state index contributed by atoms with van der Waals surface area (Å²) in [6, 6.07) is 20.3. The average molecular weight is 451 g/mol. The zero-order valence-corrected chi connectivity index (χ0v) is 19.0. The number of ether oxygens (including phenoxy) is 1. The van der Waals surface area contributed by atoms with Crippen LogP contribution in [0, 0.1) is 6.92 Å². The lowest BCUT2D eigenvalue weighted by atomic mass is 9.99. The van der Waals surface area contributed by atoms with Crippen molar-refractivity contribution in [1.82, 2.24) is 5.32 Å². The van der Waals surface area contributed by atoms with Crippen LogP contribution in [0.25, 0.3) is 11.1 Å². The summed E-state index contributed by atoms with van der Waals surface area (Å²) in [7, 11) is -3.85. The third kappa shape index (κ3) is 4.34. The van der Waals surface area contributed by atoms with E-state index in [1.165, 1.54) is 4.31 Å². The van der Waals surface area contributed by atoms with Gasteiger partial charge >= 0.3 is 0 Å². The first-order valence-electron chi connectivity index (χ1n) is 10.6. The van der Waals surface area contributed by atoms with Crippen molar-refractivity contribution in [2.45, 2.75) is 25.2 Å². The molecule has 0 unspecified atom stereocenters. The van der Waals surface area contributed by atoms with Crippen molar-refractivity contribution in [1.29, 1.82) is 0 Å². The molecule has 1 N–H and O–H groups in total. The van der Waals surface area contributed by atoms with Crippen LogP contribution in [0.3, 0.4) is 0 Å². The molecule has 1 aliphatic heterocycles. The van der Waals surface area contributed by atoms with Gasteiger partial charge in [0.25, 0.3) is 10.0 Å². The number of fused-ring (bicyclic) bond motifs is 3. The number of anilines is 1. The van der Waals surface area contributed by atoms with Gasteiger partial charge in [-0.2, -0.15) is 0 Å². The number of benzene rings is 3. The molecule has 1 heterocycles. The van der Waals surface area contributed by atoms with Gasteiger partial charge in [0.1, 0.15) is 18.9 Å². The molecule has 32 heavy (non-hydrogen) atoms. The predicted molar refractivity (Wildman–Crippen MR) is 125 cm³/mol. The van der Waals surface area contributed by atoms with Crippen molar-refractivity contribution < 1.29 is 17.9 Å². The number of nitrogens with one attached hydrogen (secondary N) is 1. The summed E-state index contributed by atoms with van der Waals surface area (Å²) in [5.41, 5.74) is 4.21. The molecule has 1 amide bonds. The summed E-state index contributed by atoms with van der Waals surface area (Å²) < 4.78 is 33.5. The molecule has 6 nitrogen and oxygen atoms in total. The number of carbonyl (C=O) groups excluding carboxylic acids is 1. The summed E-state index contributed by atoms with van der Waals surface area (Å²) in [5, 5.41) is 2.76. The van der Waals surface area contributed by atoms with E-state index in [1.54, 1.807) is 18.2 Å². The minimum Gasteiger partial charge on any atom is -0.492 e. The van der Waals surface area contributed by atoms with Crippen LogP contribution >= 0.6 is 0 Å². The van der Waals surface area contributed by atoms with Crippen LogP contribution in [0.1, 0.15) is 18.1 Å². The van der Waals surface area contributed by atoms with Gasteiger partial charge in [-0.05, 0) is 54.8 Å². The first-order chi connectivity index (χ1) is 15.4. The first kappa shape index (κ1) is 21.9. The van der Waals surface area contributed by atoms with Gasteiger partial charge in [0.2, 0.25) is 5.91 Å². The maximum Gasteiger partial charge on any atom is 0.265 e. The highest BCUT2D eigenvalue weighted by Gasteiger charge is 2.35. The summed E-state index contributed by atoms with van der Waals surface area (Å²) in [6.45, 7) is 4.31. The second kappa shape index (κ2) is 9.04. The monoisotopic (exact) mass is 450 g/mol. The molecule has 4 rings (SSSR count). The zero-order chi connectivity index (χ0) is 22.7. The number of sulfonamides is 1. The fraction of sp³-hybridized carbons (Fsp3) is 0.240. The van der Waals surface area contributed by atoms with Crippen LogP contribution in [0.15, 0.2) is 71.6 Å². The highest BCUT2D eigenvalue weighted by molar-refractivity contribution is 7.93. The Bertz CT molecular complexity index is 1250. The molecule has 0 atom stereocenters. The lowest BCUT2D eigenvalue weighted by molar-refractivity contribution is -0.119. The molecule has 3 aromatic carbocycles. The molecule has 0 bridgehead atoms. The van der Waals surface area contributed by atoms with Crippen molar-refractivity contribution in [3.63, 3.8) is 0 Å². The standard InChI is InChI=1S/C25H26N2O4S/c1-3-19-11-12-23-22(16-19)21-9-4-5-10-24(21)32(29,30)27(23)17-25(28)26-13-14-31-20-8-6-7-18(2)15-20/h4-12,15-16H,3,13-14,17H2,1-2H3,(H,26,28). The van der Waals surface area contributed by atoms with Crippen molar-refractivity contribution in [3.05, 3.63) is 77.9 Å². The van der Waals surface area contributed by atoms with Crippen molar-refractivity contribution in [2.75, 3.05) is 24.0 Å². The number of rotatable bonds is 7. The quantitative estimate of drug-likeness (QED) is 0.554. The Morgan fingerprint density at radius 3 is 2.59 bits per heavy atom. The number of nitrogens with zero attached hydrogens (tertiary/aromatic N) is 1. The molecule has 3 aromatic rings. The second-order valence-electron chi connectivity index (χ2n) is 7.73. The molecule has 0 spiro atoms. The smallest absolute Gasteiger partial charge is 0.265 e. The fourth-order valence-corrected chi connectivity index (χ4v) is 5.47. The molecule has 0 radical (unpaired) electrons. The van der Waals surface area contributed by atoms with E-state index in [0.29, 0.717) is 17.9 Å². The van der Waals surface area contributed by atoms with Crippen molar-refractivity contribution in [2.24, 2.45) is 0 Å². The third-order valence-electron chi connectivity index (χ3n) is 5.45. The van der Waals surface area contributed by atoms with E-state index < -0.39 is 10.0 Å². The Morgan fingerprint density at radius 2 is 1.81 bits per heavy atom. The van der Waals surface area contributed by atoms with E-state index in [1.807, 2.05) is 55.5 Å². The normalized spacial score (nSPS) is 13.8. The van der Waals surface area contributed by atoms with Crippen molar-refractivity contribution in [3.8, 4) is 16.9 Å². The van der Waals surface area contributed by atoms with Crippen LogP contribution in [0.2, 0.25) is 0 Å². The SMILES string of the molecule is CCc1ccc2c(c1)-c1ccccc1S(=O)(=O)N2CC(=O)NCCOc1cccc(C)c1. The Kier molecular flexibility index (Phi) is 6.19. The van der Waals surface area contributed by atoms with Gasteiger partial charge in [0, 0.05) is 11.1 Å². The van der Waals surface area contributed by atoms with E-state index in [-0.39, 0.29) is 23.9 Å². The van der Waals surface area contributed by atoms with Crippen molar-refractivity contribution >= 4 is 21.6 Å². The van der Waals surface area contributed by atoms with Gasteiger partial charge in [-0.1, -0.05) is 43.3 Å². The van der Waals surface area contributed by atoms with Gasteiger partial charge < -0.3 is 10.1 Å². The van der Waals surface area contributed by atoms with E-state index in [0.717, 1.165) is 28.9 Å². The molecule has 0 aliphatic carbocycles. The lowest BCUT2D eigenvalue weighted by Gasteiger charge is -2.32. The Morgan fingerprint density at radius 1 is 1.00 bits per heavy atom. The highest BCUT2D eigenvalue weighted by Crippen LogP contribution is 2.43. The van der Waals surface area contributed by atoms with E-state index in [2.05, 4.69) is 12.2 Å². The zero-order valence-electron chi connectivity index (χ0n) is 18.2. The van der Waals surface area contributed by atoms with Crippen LogP contribution in [-0.2, 0) is 21.2 Å². The predicted octanol–water partition coefficient (Wildman–Crippen LogP) is 3.93. The molecule has 166 valence electrons. The lowest BCUT2D eigenvalue weighted by Crippen LogP contribution is -2.43. The van der Waals surface area contributed by atoms with E-state index in [4.69, 9.17) is 4.74 Å². The summed E-state index contributed by atoms with van der Waals surface area (Å²) in [5.74, 6) is 0.349. The van der Waals surface area contributed by atoms with Gasteiger partial charge in [-0.25, -0.2) is 8.42 Å². The van der Waals surface area contributed by atoms with Crippen LogP contribution in [0.4, 0.5) is 5.69 Å². The van der Waals surface area contributed by atoms with E-state index >= 15 is 0 Å². The number of amides is 1. The number of aryl methyl sites for hydroxylation is 2. The summed E-state index contributed by atoms with van der Waals surface area (Å²) >= 11 is 0. The Hall–Kier alpha value is -3.32. The number of hydrogen-bond acceptors (Lipinski definition) is 4. The maximum atomic E-state index is 13.3. The van der Waals surface area contributed by atoms with Crippen LogP contribution in [0.5, 0.6) is 5.75 Å². The first-order valence-corrected chi connectivity index (χ1v) is 12.1. The van der Waals surface area contributed by atoms with Gasteiger partial charge in [0.15, 0.2) is 0 Å². The number of hydrogen-bond donors (Lipinski definition) is 1. The minimum absolute atomic E-state index is 0.219. The molecular formula is C25H26N2O4S. The molecule has 1 aliphatic rings. The average Bonchev–Trinajstić information content (AvgIpc) is 2.79. The topological polar surface area (TPSA) is 75.7 Å². The third-order valence-corrected chi connectivity index (χ3v) is 7.27. The van der Waals surface area contributed by atoms with Gasteiger partial charge in [0.05, 0.1) is 17.1 Å². The van der Waals surface area contributed by atoms with Crippen LogP contribution in [-0.4, -0.2) is 34.0 Å². The van der Waals surface area contributed by atoms with Gasteiger partial charge in [-0.15, -0.1) is 0 Å². The Balaban J connectivity index is 1.50.